The molecule has 0 radical (unpaired) electrons. The van der Waals surface area contributed by atoms with Crippen molar-refractivity contribution in [2.75, 3.05) is 0 Å². The first-order chi connectivity index (χ1) is 9.61. The van der Waals surface area contributed by atoms with E-state index in [1.54, 1.807) is 29.5 Å². The van der Waals surface area contributed by atoms with Gasteiger partial charge in [-0.15, -0.1) is 11.3 Å². The van der Waals surface area contributed by atoms with Crippen molar-refractivity contribution in [1.82, 2.24) is 9.38 Å². The summed E-state index contributed by atoms with van der Waals surface area (Å²) in [7, 11) is 0. The number of hydrogen-bond acceptors (Lipinski definition) is 3. The molecule has 102 valence electrons. The third kappa shape index (κ3) is 2.87. The predicted octanol–water partition coefficient (Wildman–Crippen LogP) is 4.06. The molecule has 0 saturated carbocycles. The fraction of sp³-hybridized carbons (Fsp3) is 0.143. The van der Waals surface area contributed by atoms with E-state index in [0.717, 1.165) is 16.2 Å². The molecule has 0 fully saturated rings. The van der Waals surface area contributed by atoms with Gasteiger partial charge in [0.15, 0.2) is 4.96 Å². The van der Waals surface area contributed by atoms with Crippen LogP contribution < -0.4 is 0 Å². The van der Waals surface area contributed by atoms with Crippen molar-refractivity contribution in [3.8, 4) is 0 Å². The lowest BCUT2D eigenvalue weighted by Gasteiger charge is -2.03. The van der Waals surface area contributed by atoms with E-state index in [0.29, 0.717) is 22.9 Å². The first kappa shape index (κ1) is 13.6. The number of halogens is 2. The fourth-order valence-corrected chi connectivity index (χ4v) is 3.20. The maximum atomic E-state index is 12.1. The summed E-state index contributed by atoms with van der Waals surface area (Å²) < 4.78 is 1.92. The number of hydrogen-bond donors (Lipinski definition) is 0. The van der Waals surface area contributed by atoms with Crippen LogP contribution in [-0.4, -0.2) is 15.2 Å². The van der Waals surface area contributed by atoms with Gasteiger partial charge in [-0.25, -0.2) is 4.98 Å². The average molecular weight is 325 g/mol. The highest BCUT2D eigenvalue weighted by atomic mass is 35.5. The Labute approximate surface area is 129 Å². The lowest BCUT2D eigenvalue weighted by Crippen LogP contribution is -2.07. The molecule has 0 N–H and O–H groups in total. The summed E-state index contributed by atoms with van der Waals surface area (Å²) in [5.74, 6) is 0.0833. The molecule has 0 aliphatic rings. The summed E-state index contributed by atoms with van der Waals surface area (Å²) >= 11 is 13.5. The predicted molar refractivity (Wildman–Crippen MR) is 81.9 cm³/mol. The molecule has 0 atom stereocenters. The number of imidazole rings is 1. The van der Waals surface area contributed by atoms with Gasteiger partial charge in [0, 0.05) is 34.2 Å². The van der Waals surface area contributed by atoms with E-state index in [1.165, 1.54) is 0 Å². The van der Waals surface area contributed by atoms with E-state index in [-0.39, 0.29) is 5.78 Å². The lowest BCUT2D eigenvalue weighted by atomic mass is 10.1. The maximum Gasteiger partial charge on any atom is 0.193 e. The number of thiazole rings is 1. The zero-order valence-corrected chi connectivity index (χ0v) is 12.7. The third-order valence-electron chi connectivity index (χ3n) is 2.92. The van der Waals surface area contributed by atoms with Gasteiger partial charge in [0.2, 0.25) is 0 Å². The monoisotopic (exact) mass is 324 g/mol. The minimum absolute atomic E-state index is 0.0833. The molecule has 0 bridgehead atoms. The highest BCUT2D eigenvalue weighted by Crippen LogP contribution is 2.22. The summed E-state index contributed by atoms with van der Waals surface area (Å²) in [6, 6.07) is 5.18. The van der Waals surface area contributed by atoms with Crippen LogP contribution in [0.1, 0.15) is 11.3 Å². The van der Waals surface area contributed by atoms with Gasteiger partial charge in [-0.1, -0.05) is 29.3 Å². The van der Waals surface area contributed by atoms with Gasteiger partial charge in [0.25, 0.3) is 0 Å². The summed E-state index contributed by atoms with van der Waals surface area (Å²) in [6.45, 7) is 0. The standard InChI is InChI=1S/C14H10Cl2N2OS/c15-10-2-1-9(13(16)6-10)5-12(19)7-11-8-18-3-4-20-14(18)17-11/h1-4,6,8H,5,7H2. The van der Waals surface area contributed by atoms with E-state index in [4.69, 9.17) is 23.2 Å². The molecule has 1 aromatic carbocycles. The molecule has 0 aliphatic heterocycles. The van der Waals surface area contributed by atoms with Gasteiger partial charge < -0.3 is 0 Å². The summed E-state index contributed by atoms with van der Waals surface area (Å²) in [5, 5.41) is 3.05. The second-order valence-corrected chi connectivity index (χ2v) is 6.17. The Hall–Kier alpha value is -1.36. The maximum absolute atomic E-state index is 12.1. The minimum atomic E-state index is 0.0833. The van der Waals surface area contributed by atoms with E-state index < -0.39 is 0 Å². The van der Waals surface area contributed by atoms with Crippen LogP contribution in [0.25, 0.3) is 4.96 Å². The smallest absolute Gasteiger partial charge is 0.193 e. The quantitative estimate of drug-likeness (QED) is 0.725. The van der Waals surface area contributed by atoms with Crippen LogP contribution in [0.15, 0.2) is 36.0 Å². The molecule has 0 unspecified atom stereocenters. The van der Waals surface area contributed by atoms with Crippen molar-refractivity contribution in [3.05, 3.63) is 57.3 Å². The molecule has 6 heteroatoms. The summed E-state index contributed by atoms with van der Waals surface area (Å²) in [5.41, 5.74) is 1.58. The highest BCUT2D eigenvalue weighted by Gasteiger charge is 2.11. The number of rotatable bonds is 4. The van der Waals surface area contributed by atoms with Gasteiger partial charge in [-0.3, -0.25) is 9.20 Å². The second-order valence-electron chi connectivity index (χ2n) is 4.45. The number of nitrogens with zero attached hydrogens (tertiary/aromatic N) is 2. The Morgan fingerprint density at radius 1 is 1.30 bits per heavy atom. The molecular weight excluding hydrogens is 315 g/mol. The van der Waals surface area contributed by atoms with Gasteiger partial charge in [0.1, 0.15) is 5.78 Å². The van der Waals surface area contributed by atoms with E-state index in [9.17, 15) is 4.79 Å². The number of fused-ring (bicyclic) bond motifs is 1. The molecule has 2 heterocycles. The lowest BCUT2D eigenvalue weighted by molar-refractivity contribution is -0.117. The van der Waals surface area contributed by atoms with Crippen LogP contribution in [0.4, 0.5) is 0 Å². The topological polar surface area (TPSA) is 34.4 Å². The number of Topliss-reactive ketones (excluding diaryl/α,β-unsaturated/α-hetero) is 1. The zero-order chi connectivity index (χ0) is 14.1. The van der Waals surface area contributed by atoms with Gasteiger partial charge in [0.05, 0.1) is 12.1 Å². The van der Waals surface area contributed by atoms with Crippen molar-refractivity contribution < 1.29 is 4.79 Å². The summed E-state index contributed by atoms with van der Waals surface area (Å²) in [4.78, 5) is 17.4. The SMILES string of the molecule is O=C(Cc1cn2ccsc2n1)Cc1ccc(Cl)cc1Cl. The largest absolute Gasteiger partial charge is 0.299 e. The number of aromatic nitrogens is 2. The Bertz CT molecular complexity index is 750. The minimum Gasteiger partial charge on any atom is -0.299 e. The van der Waals surface area contributed by atoms with Gasteiger partial charge >= 0.3 is 0 Å². The third-order valence-corrected chi connectivity index (χ3v) is 4.28. The number of carbonyl (C=O) groups is 1. The molecule has 0 spiro atoms. The number of carbonyl (C=O) groups excluding carboxylic acids is 1. The second kappa shape index (κ2) is 5.56. The van der Waals surface area contributed by atoms with Crippen molar-refractivity contribution in [2.45, 2.75) is 12.8 Å². The number of benzene rings is 1. The molecule has 2 aromatic heterocycles. The number of ketones is 1. The van der Waals surface area contributed by atoms with Crippen molar-refractivity contribution in [2.24, 2.45) is 0 Å². The van der Waals surface area contributed by atoms with Crippen molar-refractivity contribution in [3.63, 3.8) is 0 Å². The summed E-state index contributed by atoms with van der Waals surface area (Å²) in [6.07, 6.45) is 4.42. The fourth-order valence-electron chi connectivity index (χ4n) is 2.00. The highest BCUT2D eigenvalue weighted by molar-refractivity contribution is 7.15. The van der Waals surface area contributed by atoms with Crippen LogP contribution in [0.5, 0.6) is 0 Å². The Kier molecular flexibility index (Phi) is 3.78. The molecule has 3 rings (SSSR count). The average Bonchev–Trinajstić information content (AvgIpc) is 2.93. The molecule has 0 saturated heterocycles. The van der Waals surface area contributed by atoms with E-state index in [2.05, 4.69) is 4.98 Å². The zero-order valence-electron chi connectivity index (χ0n) is 10.3. The Morgan fingerprint density at radius 2 is 2.15 bits per heavy atom. The normalized spacial score (nSPS) is 11.1. The van der Waals surface area contributed by atoms with Crippen LogP contribution in [0, 0.1) is 0 Å². The first-order valence-corrected chi connectivity index (χ1v) is 7.62. The molecule has 20 heavy (non-hydrogen) atoms. The van der Waals surface area contributed by atoms with Crippen LogP contribution in [0.2, 0.25) is 10.0 Å². The van der Waals surface area contributed by atoms with Crippen molar-refractivity contribution >= 4 is 45.3 Å². The molecular formula is C14H10Cl2N2OS. The molecule has 3 nitrogen and oxygen atoms in total. The van der Waals surface area contributed by atoms with Gasteiger partial charge in [-0.05, 0) is 17.7 Å². The van der Waals surface area contributed by atoms with E-state index in [1.807, 2.05) is 22.2 Å². The first-order valence-electron chi connectivity index (χ1n) is 5.98. The van der Waals surface area contributed by atoms with E-state index >= 15 is 0 Å². The van der Waals surface area contributed by atoms with Crippen LogP contribution in [-0.2, 0) is 17.6 Å². The van der Waals surface area contributed by atoms with Crippen LogP contribution in [0.3, 0.4) is 0 Å². The Balaban J connectivity index is 1.71. The van der Waals surface area contributed by atoms with Crippen molar-refractivity contribution in [1.29, 1.82) is 0 Å². The molecule has 0 aliphatic carbocycles. The molecule has 0 amide bonds. The van der Waals surface area contributed by atoms with Crippen LogP contribution >= 0.6 is 34.5 Å². The Morgan fingerprint density at radius 3 is 2.90 bits per heavy atom. The van der Waals surface area contributed by atoms with Gasteiger partial charge in [-0.2, -0.15) is 0 Å². The molecule has 3 aromatic rings.